The Kier molecular flexibility index (Phi) is 8.73. The van der Waals surface area contributed by atoms with Gasteiger partial charge in [0.2, 0.25) is 5.91 Å². The molecule has 1 heterocycles. The van der Waals surface area contributed by atoms with E-state index in [-0.39, 0.29) is 12.5 Å². The number of anilines is 1. The molecular formula is C26H26ClNO5S. The molecule has 0 aliphatic carbocycles. The van der Waals surface area contributed by atoms with Crippen molar-refractivity contribution in [2.45, 2.75) is 20.8 Å². The average Bonchev–Trinajstić information content (AvgIpc) is 3.14. The van der Waals surface area contributed by atoms with Crippen LogP contribution in [0.1, 0.15) is 34.6 Å². The van der Waals surface area contributed by atoms with E-state index in [0.29, 0.717) is 33.7 Å². The van der Waals surface area contributed by atoms with Crippen molar-refractivity contribution in [1.82, 2.24) is 0 Å². The van der Waals surface area contributed by atoms with Gasteiger partial charge in [-0.15, -0.1) is 11.3 Å². The van der Waals surface area contributed by atoms with Crippen LogP contribution in [0.2, 0.25) is 5.02 Å². The Morgan fingerprint density at radius 3 is 2.44 bits per heavy atom. The monoisotopic (exact) mass is 499 g/mol. The van der Waals surface area contributed by atoms with Crippen molar-refractivity contribution in [3.05, 3.63) is 69.6 Å². The van der Waals surface area contributed by atoms with Crippen LogP contribution in [0, 0.1) is 6.92 Å². The Hall–Kier alpha value is -3.29. The van der Waals surface area contributed by atoms with Crippen molar-refractivity contribution in [2.24, 2.45) is 0 Å². The largest absolute Gasteiger partial charge is 0.493 e. The number of hydrogen-bond acceptors (Lipinski definition) is 6. The summed E-state index contributed by atoms with van der Waals surface area (Å²) < 4.78 is 16.2. The normalized spacial score (nSPS) is 10.9. The van der Waals surface area contributed by atoms with Crippen molar-refractivity contribution < 1.29 is 23.8 Å². The minimum absolute atomic E-state index is 0.223. The first kappa shape index (κ1) is 25.3. The van der Waals surface area contributed by atoms with Gasteiger partial charge in [0.05, 0.1) is 20.3 Å². The highest BCUT2D eigenvalue weighted by molar-refractivity contribution is 7.17. The molecule has 3 aromatic rings. The lowest BCUT2D eigenvalue weighted by molar-refractivity contribution is -0.111. The number of halogens is 1. The van der Waals surface area contributed by atoms with Gasteiger partial charge in [-0.3, -0.25) is 4.79 Å². The van der Waals surface area contributed by atoms with E-state index in [1.54, 1.807) is 44.4 Å². The first-order valence-corrected chi connectivity index (χ1v) is 11.9. The van der Waals surface area contributed by atoms with E-state index >= 15 is 0 Å². The van der Waals surface area contributed by atoms with E-state index in [1.165, 1.54) is 17.4 Å². The Morgan fingerprint density at radius 2 is 1.79 bits per heavy atom. The number of hydrogen-bond donors (Lipinski definition) is 1. The van der Waals surface area contributed by atoms with E-state index in [9.17, 15) is 9.59 Å². The average molecular weight is 500 g/mol. The van der Waals surface area contributed by atoms with Gasteiger partial charge in [-0.05, 0) is 62.2 Å². The molecule has 0 aliphatic heterocycles. The number of nitrogens with one attached hydrogen (secondary N) is 1. The predicted molar refractivity (Wildman–Crippen MR) is 137 cm³/mol. The number of carbonyl (C=O) groups is 2. The first-order chi connectivity index (χ1) is 16.4. The van der Waals surface area contributed by atoms with Crippen molar-refractivity contribution in [3.8, 4) is 22.6 Å². The van der Waals surface area contributed by atoms with Crippen molar-refractivity contribution >= 4 is 45.9 Å². The van der Waals surface area contributed by atoms with Gasteiger partial charge < -0.3 is 19.5 Å². The summed E-state index contributed by atoms with van der Waals surface area (Å²) in [7, 11) is 1.56. The summed E-state index contributed by atoms with van der Waals surface area (Å²) in [5.74, 6) is 0.347. The van der Waals surface area contributed by atoms with Gasteiger partial charge in [0.1, 0.15) is 10.6 Å². The summed E-state index contributed by atoms with van der Waals surface area (Å²) >= 11 is 7.35. The standard InChI is InChI=1S/C26H26ClNO5S/c1-5-32-20-13-7-17(15-21(20)31-4)8-14-22(29)28-25-24(26(30)33-6-2)23(16(3)34-25)18-9-11-19(27)12-10-18/h7-15H,5-6H2,1-4H3,(H,28,29). The highest BCUT2D eigenvalue weighted by Crippen LogP contribution is 2.40. The van der Waals surface area contributed by atoms with Crippen LogP contribution in [-0.4, -0.2) is 32.2 Å². The lowest BCUT2D eigenvalue weighted by Crippen LogP contribution is -2.12. The first-order valence-electron chi connectivity index (χ1n) is 10.7. The maximum absolute atomic E-state index is 12.8. The predicted octanol–water partition coefficient (Wildman–Crippen LogP) is 6.61. The number of esters is 1. The van der Waals surface area contributed by atoms with Gasteiger partial charge in [0.15, 0.2) is 11.5 Å². The molecular weight excluding hydrogens is 474 g/mol. The van der Waals surface area contributed by atoms with Gasteiger partial charge in [-0.2, -0.15) is 0 Å². The van der Waals surface area contributed by atoms with Crippen molar-refractivity contribution in [1.29, 1.82) is 0 Å². The molecule has 0 saturated heterocycles. The number of rotatable bonds is 9. The highest BCUT2D eigenvalue weighted by Gasteiger charge is 2.25. The molecule has 0 fully saturated rings. The number of methoxy groups -OCH3 is 1. The third kappa shape index (κ3) is 5.98. The van der Waals surface area contributed by atoms with E-state index in [0.717, 1.165) is 21.6 Å². The Balaban J connectivity index is 1.88. The zero-order chi connectivity index (χ0) is 24.7. The molecule has 178 valence electrons. The number of thiophene rings is 1. The molecule has 0 atom stereocenters. The maximum atomic E-state index is 12.8. The van der Waals surface area contributed by atoms with Gasteiger partial charge in [-0.25, -0.2) is 4.79 Å². The summed E-state index contributed by atoms with van der Waals surface area (Å²) in [4.78, 5) is 26.4. The van der Waals surface area contributed by atoms with E-state index in [1.807, 2.05) is 32.0 Å². The Morgan fingerprint density at radius 1 is 1.06 bits per heavy atom. The molecule has 2 aromatic carbocycles. The smallest absolute Gasteiger partial charge is 0.341 e. The molecule has 3 rings (SSSR count). The van der Waals surface area contributed by atoms with Crippen LogP contribution in [0.4, 0.5) is 5.00 Å². The maximum Gasteiger partial charge on any atom is 0.341 e. The van der Waals surface area contributed by atoms with Crippen LogP contribution in [0.5, 0.6) is 11.5 Å². The van der Waals surface area contributed by atoms with Crippen molar-refractivity contribution in [3.63, 3.8) is 0 Å². The molecule has 1 amide bonds. The summed E-state index contributed by atoms with van der Waals surface area (Å²) in [6.45, 7) is 6.28. The second-order valence-electron chi connectivity index (χ2n) is 7.13. The summed E-state index contributed by atoms with van der Waals surface area (Å²) in [5, 5.41) is 3.86. The number of amides is 1. The number of benzene rings is 2. The second kappa shape index (κ2) is 11.7. The summed E-state index contributed by atoms with van der Waals surface area (Å²) in [5.41, 5.74) is 2.64. The molecule has 1 aromatic heterocycles. The zero-order valence-corrected chi connectivity index (χ0v) is 21.0. The van der Waals surface area contributed by atoms with Gasteiger partial charge >= 0.3 is 5.97 Å². The number of carbonyl (C=O) groups excluding carboxylic acids is 2. The van der Waals surface area contributed by atoms with Gasteiger partial charge in [0, 0.05) is 21.5 Å². The minimum Gasteiger partial charge on any atom is -0.493 e. The summed E-state index contributed by atoms with van der Waals surface area (Å²) in [6, 6.07) is 12.6. The third-order valence-corrected chi connectivity index (χ3v) is 6.12. The Labute approximate surface area is 208 Å². The van der Waals surface area contributed by atoms with Crippen LogP contribution in [0.15, 0.2) is 48.5 Å². The number of aryl methyl sites for hydroxylation is 1. The fraction of sp³-hybridized carbons (Fsp3) is 0.231. The molecule has 0 saturated carbocycles. The molecule has 8 heteroatoms. The highest BCUT2D eigenvalue weighted by atomic mass is 35.5. The topological polar surface area (TPSA) is 73.9 Å². The van der Waals surface area contributed by atoms with Gasteiger partial charge in [0.25, 0.3) is 0 Å². The zero-order valence-electron chi connectivity index (χ0n) is 19.4. The van der Waals surface area contributed by atoms with E-state index in [4.69, 9.17) is 25.8 Å². The van der Waals surface area contributed by atoms with Crippen LogP contribution in [0.3, 0.4) is 0 Å². The van der Waals surface area contributed by atoms with Crippen LogP contribution in [0.25, 0.3) is 17.2 Å². The van der Waals surface area contributed by atoms with E-state index < -0.39 is 5.97 Å². The molecule has 0 bridgehead atoms. The molecule has 0 aliphatic rings. The lowest BCUT2D eigenvalue weighted by atomic mass is 10.0. The molecule has 1 N–H and O–H groups in total. The molecule has 34 heavy (non-hydrogen) atoms. The number of ether oxygens (including phenoxy) is 3. The molecule has 0 unspecified atom stereocenters. The molecule has 0 radical (unpaired) electrons. The van der Waals surface area contributed by atoms with Gasteiger partial charge in [-0.1, -0.05) is 29.8 Å². The minimum atomic E-state index is -0.493. The van der Waals surface area contributed by atoms with Crippen molar-refractivity contribution in [2.75, 3.05) is 25.6 Å². The summed E-state index contributed by atoms with van der Waals surface area (Å²) in [6.07, 6.45) is 3.07. The lowest BCUT2D eigenvalue weighted by Gasteiger charge is -2.09. The van der Waals surface area contributed by atoms with Crippen LogP contribution < -0.4 is 14.8 Å². The van der Waals surface area contributed by atoms with Crippen LogP contribution >= 0.6 is 22.9 Å². The molecule has 6 nitrogen and oxygen atoms in total. The SMILES string of the molecule is CCOC(=O)c1c(NC(=O)C=Cc2ccc(OCC)c(OC)c2)sc(C)c1-c1ccc(Cl)cc1. The quantitative estimate of drug-likeness (QED) is 0.265. The fourth-order valence-electron chi connectivity index (χ4n) is 3.38. The van der Waals surface area contributed by atoms with Crippen LogP contribution in [-0.2, 0) is 9.53 Å². The fourth-order valence-corrected chi connectivity index (χ4v) is 4.58. The Bertz CT molecular complexity index is 1200. The second-order valence-corrected chi connectivity index (χ2v) is 8.79. The third-order valence-electron chi connectivity index (χ3n) is 4.85. The molecule has 0 spiro atoms. The van der Waals surface area contributed by atoms with E-state index in [2.05, 4.69) is 5.32 Å².